The molecule has 1 fully saturated rings. The molecule has 2 atom stereocenters. The smallest absolute Gasteiger partial charge is 0.329 e. The predicted molar refractivity (Wildman–Crippen MR) is 54.0 cm³/mol. The van der Waals surface area contributed by atoms with E-state index in [4.69, 9.17) is 4.74 Å². The Balaban J connectivity index is 2.10. The Hall–Kier alpha value is -1.32. The molecule has 2 unspecified atom stereocenters. The monoisotopic (exact) mass is 209 g/mol. The normalized spacial score (nSPS) is 29.1. The number of amides is 1. The van der Waals surface area contributed by atoms with Crippen molar-refractivity contribution in [2.24, 2.45) is 0 Å². The number of hydrogen-bond donors (Lipinski definition) is 0. The van der Waals surface area contributed by atoms with E-state index >= 15 is 0 Å². The van der Waals surface area contributed by atoms with E-state index in [1.54, 1.807) is 11.8 Å². The summed E-state index contributed by atoms with van der Waals surface area (Å²) in [5.41, 5.74) is 0. The number of nitrogens with zero attached hydrogens (tertiary/aromatic N) is 1. The summed E-state index contributed by atoms with van der Waals surface area (Å²) < 4.78 is 4.97. The molecule has 82 valence electrons. The molecule has 1 saturated heterocycles. The SMILES string of the molecule is CCOC(=O)C1CC=CCC2CC(=O)N21. The van der Waals surface area contributed by atoms with Crippen molar-refractivity contribution in [3.05, 3.63) is 12.2 Å². The van der Waals surface area contributed by atoms with Crippen molar-refractivity contribution in [1.82, 2.24) is 4.90 Å². The van der Waals surface area contributed by atoms with Crippen molar-refractivity contribution in [3.63, 3.8) is 0 Å². The predicted octanol–water partition coefficient (Wildman–Crippen LogP) is 0.869. The maximum Gasteiger partial charge on any atom is 0.329 e. The second-order valence-electron chi connectivity index (χ2n) is 3.87. The Labute approximate surface area is 88.9 Å². The van der Waals surface area contributed by atoms with Crippen LogP contribution in [-0.2, 0) is 14.3 Å². The number of ether oxygens (including phenoxy) is 1. The molecule has 0 radical (unpaired) electrons. The maximum absolute atomic E-state index is 11.6. The quantitative estimate of drug-likeness (QED) is 0.385. The van der Waals surface area contributed by atoms with Gasteiger partial charge < -0.3 is 9.64 Å². The lowest BCUT2D eigenvalue weighted by atomic mass is 9.97. The highest BCUT2D eigenvalue weighted by atomic mass is 16.5. The third-order valence-corrected chi connectivity index (χ3v) is 2.92. The number of carbonyl (C=O) groups is 2. The lowest BCUT2D eigenvalue weighted by molar-refractivity contribution is -0.164. The topological polar surface area (TPSA) is 46.6 Å². The van der Waals surface area contributed by atoms with E-state index in [1.807, 2.05) is 12.2 Å². The molecule has 4 heteroatoms. The first-order valence-electron chi connectivity index (χ1n) is 5.36. The first-order valence-corrected chi connectivity index (χ1v) is 5.36. The van der Waals surface area contributed by atoms with E-state index in [0.717, 1.165) is 6.42 Å². The summed E-state index contributed by atoms with van der Waals surface area (Å²) in [6, 6.07) is -0.180. The summed E-state index contributed by atoms with van der Waals surface area (Å²) in [4.78, 5) is 24.7. The molecule has 2 heterocycles. The highest BCUT2D eigenvalue weighted by molar-refractivity contribution is 5.89. The Morgan fingerprint density at radius 1 is 1.53 bits per heavy atom. The van der Waals surface area contributed by atoms with Crippen LogP contribution in [0.2, 0.25) is 0 Å². The third kappa shape index (κ3) is 1.76. The van der Waals surface area contributed by atoms with Crippen LogP contribution in [-0.4, -0.2) is 35.5 Å². The van der Waals surface area contributed by atoms with Crippen LogP contribution in [0.4, 0.5) is 0 Å². The Kier molecular flexibility index (Phi) is 2.75. The third-order valence-electron chi connectivity index (χ3n) is 2.92. The van der Waals surface area contributed by atoms with Gasteiger partial charge in [-0.3, -0.25) is 4.79 Å². The van der Waals surface area contributed by atoms with Crippen molar-refractivity contribution in [2.45, 2.75) is 38.3 Å². The molecule has 0 bridgehead atoms. The first kappa shape index (κ1) is 10.2. The molecule has 1 amide bonds. The summed E-state index contributed by atoms with van der Waals surface area (Å²) in [6.45, 7) is 2.14. The van der Waals surface area contributed by atoms with Crippen LogP contribution in [0.1, 0.15) is 26.2 Å². The van der Waals surface area contributed by atoms with Crippen LogP contribution in [0.3, 0.4) is 0 Å². The average Bonchev–Trinajstić information content (AvgIpc) is 2.36. The number of fused-ring (bicyclic) bond motifs is 1. The lowest BCUT2D eigenvalue weighted by Crippen LogP contribution is -2.59. The van der Waals surface area contributed by atoms with Gasteiger partial charge in [-0.25, -0.2) is 4.79 Å². The maximum atomic E-state index is 11.6. The zero-order chi connectivity index (χ0) is 10.8. The molecular weight excluding hydrogens is 194 g/mol. The Morgan fingerprint density at radius 3 is 2.93 bits per heavy atom. The summed E-state index contributed by atoms with van der Waals surface area (Å²) in [5, 5.41) is 0. The van der Waals surface area contributed by atoms with E-state index in [0.29, 0.717) is 19.4 Å². The zero-order valence-corrected chi connectivity index (χ0v) is 8.81. The van der Waals surface area contributed by atoms with Gasteiger partial charge in [-0.15, -0.1) is 0 Å². The number of hydrogen-bond acceptors (Lipinski definition) is 3. The molecule has 0 aromatic rings. The number of β-lactam (4-membered cyclic amide) rings is 1. The molecule has 0 aromatic carbocycles. The fourth-order valence-corrected chi connectivity index (χ4v) is 2.16. The second kappa shape index (κ2) is 4.04. The average molecular weight is 209 g/mol. The minimum Gasteiger partial charge on any atom is -0.464 e. The molecule has 0 aliphatic carbocycles. The first-order chi connectivity index (χ1) is 7.24. The highest BCUT2D eigenvalue weighted by Crippen LogP contribution is 2.29. The molecule has 2 aliphatic rings. The molecule has 0 aromatic heterocycles. The largest absolute Gasteiger partial charge is 0.464 e. The number of carbonyl (C=O) groups excluding carboxylic acids is 2. The van der Waals surface area contributed by atoms with Crippen LogP contribution < -0.4 is 0 Å². The van der Waals surface area contributed by atoms with Gasteiger partial charge in [0.15, 0.2) is 0 Å². The van der Waals surface area contributed by atoms with Crippen molar-refractivity contribution >= 4 is 11.9 Å². The minimum atomic E-state index is -0.394. The van der Waals surface area contributed by atoms with Gasteiger partial charge >= 0.3 is 5.97 Å². The van der Waals surface area contributed by atoms with Gasteiger partial charge in [-0.2, -0.15) is 0 Å². The van der Waals surface area contributed by atoms with E-state index in [1.165, 1.54) is 0 Å². The van der Waals surface area contributed by atoms with Crippen molar-refractivity contribution in [1.29, 1.82) is 0 Å². The fourth-order valence-electron chi connectivity index (χ4n) is 2.16. The Bertz CT molecular complexity index is 311. The van der Waals surface area contributed by atoms with Gasteiger partial charge in [0.05, 0.1) is 6.61 Å². The van der Waals surface area contributed by atoms with Crippen LogP contribution in [0, 0.1) is 0 Å². The molecule has 2 rings (SSSR count). The fraction of sp³-hybridized carbons (Fsp3) is 0.636. The van der Waals surface area contributed by atoms with Gasteiger partial charge in [0.1, 0.15) is 6.04 Å². The van der Waals surface area contributed by atoms with Gasteiger partial charge in [0.25, 0.3) is 0 Å². The second-order valence-corrected chi connectivity index (χ2v) is 3.87. The molecule has 0 N–H and O–H groups in total. The van der Waals surface area contributed by atoms with Crippen molar-refractivity contribution in [2.75, 3.05) is 6.61 Å². The van der Waals surface area contributed by atoms with Gasteiger partial charge in [0, 0.05) is 12.5 Å². The summed E-state index contributed by atoms with van der Waals surface area (Å²) in [7, 11) is 0. The Morgan fingerprint density at radius 2 is 2.27 bits per heavy atom. The van der Waals surface area contributed by atoms with E-state index in [-0.39, 0.29) is 17.9 Å². The van der Waals surface area contributed by atoms with Crippen molar-refractivity contribution < 1.29 is 14.3 Å². The van der Waals surface area contributed by atoms with Gasteiger partial charge in [-0.05, 0) is 19.8 Å². The van der Waals surface area contributed by atoms with Crippen LogP contribution >= 0.6 is 0 Å². The molecule has 2 aliphatic heterocycles. The number of rotatable bonds is 2. The van der Waals surface area contributed by atoms with Crippen LogP contribution in [0.25, 0.3) is 0 Å². The van der Waals surface area contributed by atoms with E-state index < -0.39 is 6.04 Å². The summed E-state index contributed by atoms with van der Waals surface area (Å²) in [6.07, 6.45) is 6.03. The molecule has 0 saturated carbocycles. The lowest BCUT2D eigenvalue weighted by Gasteiger charge is -2.43. The van der Waals surface area contributed by atoms with Crippen LogP contribution in [0.15, 0.2) is 12.2 Å². The zero-order valence-electron chi connectivity index (χ0n) is 8.81. The summed E-state index contributed by atoms with van der Waals surface area (Å²) >= 11 is 0. The molecule has 4 nitrogen and oxygen atoms in total. The van der Waals surface area contributed by atoms with Gasteiger partial charge in [0.2, 0.25) is 5.91 Å². The summed E-state index contributed by atoms with van der Waals surface area (Å²) in [5.74, 6) is -0.205. The molecular formula is C11H15NO3. The highest BCUT2D eigenvalue weighted by Gasteiger charge is 2.43. The minimum absolute atomic E-state index is 0.0711. The molecule has 15 heavy (non-hydrogen) atoms. The van der Waals surface area contributed by atoms with Gasteiger partial charge in [-0.1, -0.05) is 12.2 Å². The molecule has 0 spiro atoms. The van der Waals surface area contributed by atoms with Crippen molar-refractivity contribution in [3.8, 4) is 0 Å². The van der Waals surface area contributed by atoms with E-state index in [9.17, 15) is 9.59 Å². The van der Waals surface area contributed by atoms with E-state index in [2.05, 4.69) is 0 Å². The standard InChI is InChI=1S/C11H15NO3/c1-2-15-11(14)9-6-4-3-5-8-7-10(13)12(8)9/h3-4,8-9H,2,5-7H2,1H3. The van der Waals surface area contributed by atoms with Crippen LogP contribution in [0.5, 0.6) is 0 Å². The number of esters is 1.